The number of ketones is 1. The molecule has 12 heteroatoms. The molecule has 1 fully saturated rings. The van der Waals surface area contributed by atoms with E-state index < -0.39 is 5.78 Å². The Bertz CT molecular complexity index is 1490. The van der Waals surface area contributed by atoms with Crippen molar-refractivity contribution >= 4 is 22.6 Å². The van der Waals surface area contributed by atoms with Crippen LogP contribution in [-0.2, 0) is 23.7 Å². The monoisotopic (exact) mass is 522 g/mol. The molecule has 0 radical (unpaired) electrons. The third-order valence-corrected chi connectivity index (χ3v) is 6.82. The number of pyridine rings is 1. The zero-order valence-corrected chi connectivity index (χ0v) is 22.2. The van der Waals surface area contributed by atoms with Crippen LogP contribution in [0.1, 0.15) is 54.9 Å². The van der Waals surface area contributed by atoms with Gasteiger partial charge in [-0.05, 0) is 32.8 Å². The molecule has 200 valence electrons. The summed E-state index contributed by atoms with van der Waals surface area (Å²) in [4.78, 5) is 37.4. The van der Waals surface area contributed by atoms with Crippen molar-refractivity contribution in [2.24, 2.45) is 14.1 Å². The minimum absolute atomic E-state index is 0.00308. The van der Waals surface area contributed by atoms with Gasteiger partial charge in [-0.1, -0.05) is 11.9 Å². The van der Waals surface area contributed by atoms with Crippen molar-refractivity contribution in [2.45, 2.75) is 52.2 Å². The van der Waals surface area contributed by atoms with E-state index in [-0.39, 0.29) is 30.2 Å². The van der Waals surface area contributed by atoms with Crippen molar-refractivity contribution in [1.29, 1.82) is 0 Å². The van der Waals surface area contributed by atoms with Crippen LogP contribution in [0.3, 0.4) is 0 Å². The first kappa shape index (κ1) is 25.6. The van der Waals surface area contributed by atoms with Crippen LogP contribution in [0.2, 0.25) is 0 Å². The number of hydrogen-bond donors (Lipinski definition) is 0. The maximum atomic E-state index is 13.8. The van der Waals surface area contributed by atoms with Crippen molar-refractivity contribution in [3.8, 4) is 11.1 Å². The van der Waals surface area contributed by atoms with Crippen molar-refractivity contribution < 1.29 is 23.8 Å². The van der Waals surface area contributed by atoms with Gasteiger partial charge in [0.2, 0.25) is 17.3 Å². The Kier molecular flexibility index (Phi) is 6.98. The quantitative estimate of drug-likeness (QED) is 0.238. The van der Waals surface area contributed by atoms with Gasteiger partial charge >= 0.3 is 5.03 Å². The molecule has 1 aliphatic rings. The van der Waals surface area contributed by atoms with Crippen molar-refractivity contribution in [3.05, 3.63) is 52.8 Å². The summed E-state index contributed by atoms with van der Waals surface area (Å²) < 4.78 is 15.3. The Labute approximate surface area is 219 Å². The lowest BCUT2D eigenvalue weighted by Gasteiger charge is -2.31. The molecular formula is C26H32N7O5+. The molecule has 5 heterocycles. The Morgan fingerprint density at radius 1 is 1.21 bits per heavy atom. The fraction of sp³-hybridized carbons (Fsp3) is 0.462. The number of nitrogens with zero attached hydrogens (tertiary/aromatic N) is 7. The highest BCUT2D eigenvalue weighted by Crippen LogP contribution is 2.40. The summed E-state index contributed by atoms with van der Waals surface area (Å²) in [5.41, 5.74) is 3.30. The van der Waals surface area contributed by atoms with Gasteiger partial charge in [0.1, 0.15) is 10.9 Å². The van der Waals surface area contributed by atoms with Crippen LogP contribution in [0.5, 0.6) is 0 Å². The summed E-state index contributed by atoms with van der Waals surface area (Å²) >= 11 is 0. The second-order valence-electron chi connectivity index (χ2n) is 9.47. The lowest BCUT2D eigenvalue weighted by atomic mass is 9.99. The fourth-order valence-electron chi connectivity index (χ4n) is 4.94. The van der Waals surface area contributed by atoms with Gasteiger partial charge in [-0.2, -0.15) is 10.2 Å². The Morgan fingerprint density at radius 2 is 1.97 bits per heavy atom. The van der Waals surface area contributed by atoms with Crippen LogP contribution in [0.15, 0.2) is 35.3 Å². The molecule has 2 atom stereocenters. The van der Waals surface area contributed by atoms with Crippen LogP contribution < -0.4 is 5.01 Å². The largest absolute Gasteiger partial charge is 0.432 e. The molecule has 0 spiro atoms. The molecule has 0 bridgehead atoms. The van der Waals surface area contributed by atoms with E-state index in [0.29, 0.717) is 46.8 Å². The normalized spacial score (nSPS) is 17.6. The maximum absolute atomic E-state index is 13.8. The van der Waals surface area contributed by atoms with Crippen LogP contribution >= 0.6 is 0 Å². The number of anilines is 1. The average Bonchev–Trinajstić information content (AvgIpc) is 3.62. The first-order valence-corrected chi connectivity index (χ1v) is 12.8. The molecule has 5 rings (SSSR count). The molecule has 1 aliphatic heterocycles. The van der Waals surface area contributed by atoms with Crippen molar-refractivity contribution in [2.75, 3.05) is 18.2 Å². The van der Waals surface area contributed by atoms with Gasteiger partial charge in [0.25, 0.3) is 0 Å². The van der Waals surface area contributed by atoms with Gasteiger partial charge in [0.15, 0.2) is 12.3 Å². The van der Waals surface area contributed by atoms with E-state index in [2.05, 4.69) is 10.2 Å². The van der Waals surface area contributed by atoms with Gasteiger partial charge in [-0.25, -0.2) is 9.82 Å². The molecular weight excluding hydrogens is 490 g/mol. The van der Waals surface area contributed by atoms with Crippen LogP contribution in [0.4, 0.5) is 5.69 Å². The third-order valence-electron chi connectivity index (χ3n) is 6.82. The zero-order chi connectivity index (χ0) is 27.0. The molecule has 0 N–H and O–H groups in total. The van der Waals surface area contributed by atoms with Gasteiger partial charge < -0.3 is 9.15 Å². The average molecular weight is 523 g/mol. The van der Waals surface area contributed by atoms with E-state index in [0.717, 1.165) is 17.5 Å². The standard InChI is InChI=1S/C26H32N7O5/c1-6-20-10-19(8-9-36-20)32(33(35)37-7-2)23-22-11-21(17-12-27-30(4)14-17)16(3)29-26(22)38-25(23)24(34)18-13-28-31(5)15-18/h11-15,19-20H,6-10H2,1-5H3/q+1/t19-,20-/m0/s1. The van der Waals surface area contributed by atoms with E-state index >= 15 is 0 Å². The van der Waals surface area contributed by atoms with E-state index in [4.69, 9.17) is 19.0 Å². The minimum atomic E-state index is -0.402. The molecule has 0 unspecified atom stereocenters. The molecule has 1 saturated heterocycles. The molecule has 0 saturated carbocycles. The highest BCUT2D eigenvalue weighted by atomic mass is 16.8. The van der Waals surface area contributed by atoms with E-state index in [1.807, 2.05) is 33.2 Å². The number of ether oxygens (including phenoxy) is 1. The van der Waals surface area contributed by atoms with Crippen LogP contribution in [0.25, 0.3) is 22.2 Å². The van der Waals surface area contributed by atoms with Crippen LogP contribution in [-0.4, -0.2) is 60.7 Å². The summed E-state index contributed by atoms with van der Waals surface area (Å²) in [5, 5.41) is 10.9. The zero-order valence-electron chi connectivity index (χ0n) is 22.2. The van der Waals surface area contributed by atoms with Gasteiger partial charge in [0.05, 0.1) is 29.4 Å². The highest BCUT2D eigenvalue weighted by molar-refractivity contribution is 6.14. The Hall–Kier alpha value is -4.06. The number of hydrazine groups is 1. The molecule has 0 aliphatic carbocycles. The molecule has 0 amide bonds. The van der Waals surface area contributed by atoms with E-state index in [1.54, 1.807) is 35.7 Å². The van der Waals surface area contributed by atoms with Gasteiger partial charge in [-0.3, -0.25) is 14.2 Å². The predicted molar refractivity (Wildman–Crippen MR) is 138 cm³/mol. The summed E-state index contributed by atoms with van der Waals surface area (Å²) in [6, 6.07) is 1.61. The first-order valence-electron chi connectivity index (χ1n) is 12.8. The lowest BCUT2D eigenvalue weighted by molar-refractivity contribution is -0.813. The maximum Gasteiger partial charge on any atom is 0.364 e. The Balaban J connectivity index is 1.75. The second-order valence-corrected chi connectivity index (χ2v) is 9.47. The van der Waals surface area contributed by atoms with Gasteiger partial charge in [-0.15, -0.1) is 0 Å². The Morgan fingerprint density at radius 3 is 2.63 bits per heavy atom. The van der Waals surface area contributed by atoms with Crippen LogP contribution in [0, 0.1) is 11.8 Å². The van der Waals surface area contributed by atoms with E-state index in [9.17, 15) is 9.70 Å². The third kappa shape index (κ3) is 4.67. The molecule has 12 nitrogen and oxygen atoms in total. The summed E-state index contributed by atoms with van der Waals surface area (Å²) in [6.07, 6.45) is 8.67. The smallest absolute Gasteiger partial charge is 0.364 e. The molecule has 38 heavy (non-hydrogen) atoms. The molecule has 4 aromatic heterocycles. The number of carbonyl (C=O) groups excluding carboxylic acids is 1. The number of rotatable bonds is 9. The highest BCUT2D eigenvalue weighted by Gasteiger charge is 2.43. The second kappa shape index (κ2) is 10.4. The number of furan rings is 1. The number of fused-ring (bicyclic) bond motifs is 1. The first-order chi connectivity index (χ1) is 18.3. The predicted octanol–water partition coefficient (Wildman–Crippen LogP) is 3.91. The number of aryl methyl sites for hydroxylation is 3. The number of aromatic nitrogens is 5. The van der Waals surface area contributed by atoms with Gasteiger partial charge in [0, 0.05) is 56.3 Å². The lowest BCUT2D eigenvalue weighted by Crippen LogP contribution is -2.47. The minimum Gasteiger partial charge on any atom is -0.432 e. The topological polar surface area (TPSA) is 121 Å². The summed E-state index contributed by atoms with van der Waals surface area (Å²) in [7, 11) is 3.57. The molecule has 4 aromatic rings. The SMILES string of the molecule is CCO[N+](=O)N(c1c(C(=O)c2cnn(C)c2)oc2nc(C)c(-c3cnn(C)c3)cc12)[C@H]1CCO[C@@H](CC)C1. The summed E-state index contributed by atoms with van der Waals surface area (Å²) in [6.45, 7) is 6.30. The van der Waals surface area contributed by atoms with Crippen molar-refractivity contribution in [1.82, 2.24) is 24.5 Å². The van der Waals surface area contributed by atoms with E-state index in [1.165, 1.54) is 11.2 Å². The molecule has 0 aromatic carbocycles. The summed E-state index contributed by atoms with van der Waals surface area (Å²) in [5.74, 6) is -0.399. The number of carbonyl (C=O) groups is 1. The fourth-order valence-corrected chi connectivity index (χ4v) is 4.94. The van der Waals surface area contributed by atoms with Crippen molar-refractivity contribution in [3.63, 3.8) is 0 Å². The number of hydrogen-bond acceptors (Lipinski definition) is 8.